The quantitative estimate of drug-likeness (QED) is 0.206. The molecule has 0 aliphatic carbocycles. The van der Waals surface area contributed by atoms with Crippen LogP contribution in [0.25, 0.3) is 38.6 Å². The van der Waals surface area contributed by atoms with Gasteiger partial charge in [0, 0.05) is 32.4 Å². The van der Waals surface area contributed by atoms with E-state index in [1.807, 2.05) is 109 Å². The molecule has 0 aliphatic rings. The van der Waals surface area contributed by atoms with Gasteiger partial charge in [-0.25, -0.2) is 0 Å². The van der Waals surface area contributed by atoms with Crippen molar-refractivity contribution in [3.8, 4) is 22.9 Å². The van der Waals surface area contributed by atoms with Gasteiger partial charge in [0.15, 0.2) is 7.14 Å². The summed E-state index contributed by atoms with van der Waals surface area (Å²) in [6.07, 6.45) is 0. The normalized spacial score (nSPS) is 11.5. The topological polar surface area (TPSA) is 45.8 Å². The monoisotopic (exact) mass is 544 g/mol. The largest absolute Gasteiger partial charge is 0.309 e. The van der Waals surface area contributed by atoms with Gasteiger partial charge in [0.2, 0.25) is 0 Å². The molecule has 7 aromatic rings. The minimum atomic E-state index is -3.10. The Labute approximate surface area is 238 Å². The van der Waals surface area contributed by atoms with Crippen LogP contribution >= 0.6 is 7.14 Å². The molecule has 6 aromatic carbocycles. The first-order chi connectivity index (χ1) is 20.2. The SMILES string of the molecule is N#Cc1ccc2c(c1)c1cc(-c3cccc(P(=O)(c4ccccc4)c4ccccc4)c3)ccc1n2-c1ccccc1. The highest BCUT2D eigenvalue weighted by Crippen LogP contribution is 2.43. The summed E-state index contributed by atoms with van der Waals surface area (Å²) >= 11 is 0. The van der Waals surface area contributed by atoms with Gasteiger partial charge in [0.25, 0.3) is 0 Å². The maximum atomic E-state index is 15.0. The first-order valence-corrected chi connectivity index (χ1v) is 15.2. The van der Waals surface area contributed by atoms with Gasteiger partial charge in [-0.05, 0) is 59.7 Å². The van der Waals surface area contributed by atoms with Crippen molar-refractivity contribution in [2.45, 2.75) is 0 Å². The maximum absolute atomic E-state index is 15.0. The second kappa shape index (κ2) is 10.1. The molecule has 194 valence electrons. The second-order valence-corrected chi connectivity index (χ2v) is 12.8. The van der Waals surface area contributed by atoms with Gasteiger partial charge in [-0.1, -0.05) is 103 Å². The van der Waals surface area contributed by atoms with Crippen molar-refractivity contribution in [1.82, 2.24) is 4.57 Å². The first-order valence-electron chi connectivity index (χ1n) is 13.5. The molecule has 0 unspecified atom stereocenters. The lowest BCUT2D eigenvalue weighted by Gasteiger charge is -2.20. The Morgan fingerprint density at radius 2 is 1.05 bits per heavy atom. The molecule has 1 heterocycles. The minimum Gasteiger partial charge on any atom is -0.309 e. The molecule has 0 amide bonds. The van der Waals surface area contributed by atoms with E-state index in [0.29, 0.717) is 5.56 Å². The van der Waals surface area contributed by atoms with E-state index in [1.165, 1.54) is 0 Å². The molecule has 0 N–H and O–H groups in total. The number of fused-ring (bicyclic) bond motifs is 3. The Bertz CT molecular complexity index is 2080. The molecule has 3 nitrogen and oxygen atoms in total. The van der Waals surface area contributed by atoms with Gasteiger partial charge in [-0.2, -0.15) is 5.26 Å². The van der Waals surface area contributed by atoms with Crippen molar-refractivity contribution in [2.75, 3.05) is 0 Å². The molecular weight excluding hydrogens is 519 g/mol. The molecule has 4 heteroatoms. The fourth-order valence-corrected chi connectivity index (χ4v) is 8.43. The van der Waals surface area contributed by atoms with Crippen molar-refractivity contribution in [3.05, 3.63) is 157 Å². The lowest BCUT2D eigenvalue weighted by Crippen LogP contribution is -2.25. The smallest absolute Gasteiger partial charge is 0.171 e. The molecule has 41 heavy (non-hydrogen) atoms. The number of aromatic nitrogens is 1. The Hall–Kier alpha value is -5.16. The second-order valence-electron chi connectivity index (χ2n) is 10.1. The van der Waals surface area contributed by atoms with Gasteiger partial charge < -0.3 is 9.13 Å². The van der Waals surface area contributed by atoms with Crippen molar-refractivity contribution in [3.63, 3.8) is 0 Å². The van der Waals surface area contributed by atoms with Crippen molar-refractivity contribution in [2.24, 2.45) is 0 Å². The van der Waals surface area contributed by atoms with Crippen LogP contribution in [0.15, 0.2) is 152 Å². The van der Waals surface area contributed by atoms with Crippen LogP contribution in [0.5, 0.6) is 0 Å². The highest BCUT2D eigenvalue weighted by molar-refractivity contribution is 7.85. The van der Waals surface area contributed by atoms with Crippen LogP contribution in [0.3, 0.4) is 0 Å². The highest BCUT2D eigenvalue weighted by atomic mass is 31.2. The van der Waals surface area contributed by atoms with Gasteiger partial charge in [-0.3, -0.25) is 0 Å². The predicted molar refractivity (Wildman–Crippen MR) is 170 cm³/mol. The van der Waals surface area contributed by atoms with E-state index in [4.69, 9.17) is 0 Å². The van der Waals surface area contributed by atoms with E-state index in [9.17, 15) is 9.83 Å². The lowest BCUT2D eigenvalue weighted by molar-refractivity contribution is 0.592. The van der Waals surface area contributed by atoms with E-state index in [-0.39, 0.29) is 0 Å². The van der Waals surface area contributed by atoms with Crippen LogP contribution < -0.4 is 15.9 Å². The van der Waals surface area contributed by atoms with E-state index < -0.39 is 7.14 Å². The summed E-state index contributed by atoms with van der Waals surface area (Å²) < 4.78 is 17.2. The summed E-state index contributed by atoms with van der Waals surface area (Å²) in [7, 11) is -3.10. The van der Waals surface area contributed by atoms with Crippen LogP contribution in [0, 0.1) is 11.3 Å². The molecule has 0 atom stereocenters. The highest BCUT2D eigenvalue weighted by Gasteiger charge is 2.29. The third kappa shape index (κ3) is 4.18. The fourth-order valence-electron chi connectivity index (χ4n) is 5.73. The number of nitriles is 1. The van der Waals surface area contributed by atoms with Crippen LogP contribution in [0.1, 0.15) is 5.56 Å². The molecule has 0 bridgehead atoms. The van der Waals surface area contributed by atoms with Crippen LogP contribution in [-0.2, 0) is 4.57 Å². The van der Waals surface area contributed by atoms with E-state index in [2.05, 4.69) is 53.1 Å². The third-order valence-electron chi connectivity index (χ3n) is 7.69. The summed E-state index contributed by atoms with van der Waals surface area (Å²) in [6.45, 7) is 0. The van der Waals surface area contributed by atoms with Crippen LogP contribution in [0.4, 0.5) is 0 Å². The van der Waals surface area contributed by atoms with Gasteiger partial charge in [0.05, 0.1) is 22.7 Å². The predicted octanol–water partition coefficient (Wildman–Crippen LogP) is 7.96. The fraction of sp³-hybridized carbons (Fsp3) is 0. The molecule has 7 rings (SSSR count). The van der Waals surface area contributed by atoms with E-state index >= 15 is 0 Å². The average molecular weight is 545 g/mol. The Balaban J connectivity index is 1.44. The number of hydrogen-bond acceptors (Lipinski definition) is 2. The molecule has 0 fully saturated rings. The van der Waals surface area contributed by atoms with Crippen molar-refractivity contribution in [1.29, 1.82) is 5.26 Å². The molecule has 0 saturated heterocycles. The molecule has 1 aromatic heterocycles. The molecule has 0 radical (unpaired) electrons. The van der Waals surface area contributed by atoms with E-state index in [1.54, 1.807) is 0 Å². The van der Waals surface area contributed by atoms with Gasteiger partial charge in [0.1, 0.15) is 0 Å². The minimum absolute atomic E-state index is 0.628. The summed E-state index contributed by atoms with van der Waals surface area (Å²) in [5.74, 6) is 0. The molecule has 0 aliphatic heterocycles. The van der Waals surface area contributed by atoms with E-state index in [0.717, 1.165) is 54.5 Å². The van der Waals surface area contributed by atoms with Gasteiger partial charge >= 0.3 is 0 Å². The lowest BCUT2D eigenvalue weighted by atomic mass is 10.0. The standard InChI is InChI=1S/C37H25N2OP/c38-26-27-19-21-36-34(23-27)35-25-29(20-22-37(35)39(36)30-12-4-1-5-13-30)28-11-10-18-33(24-28)41(40,31-14-6-2-7-15-31)32-16-8-3-9-17-32/h1-25H. The first kappa shape index (κ1) is 24.9. The summed E-state index contributed by atoms with van der Waals surface area (Å²) in [6, 6.07) is 52.5. The summed E-state index contributed by atoms with van der Waals surface area (Å²) in [4.78, 5) is 0. The number of benzene rings is 6. The Kier molecular flexibility index (Phi) is 6.12. The maximum Gasteiger partial charge on any atom is 0.171 e. The molecular formula is C37H25N2OP. The number of para-hydroxylation sites is 1. The average Bonchev–Trinajstić information content (AvgIpc) is 3.38. The zero-order valence-corrected chi connectivity index (χ0v) is 23.1. The zero-order chi connectivity index (χ0) is 27.8. The number of hydrogen-bond donors (Lipinski definition) is 0. The zero-order valence-electron chi connectivity index (χ0n) is 22.2. The van der Waals surface area contributed by atoms with Gasteiger partial charge in [-0.15, -0.1) is 0 Å². The summed E-state index contributed by atoms with van der Waals surface area (Å²) in [5.41, 5.74) is 5.84. The molecule has 0 spiro atoms. The van der Waals surface area contributed by atoms with Crippen molar-refractivity contribution < 1.29 is 4.57 Å². The Morgan fingerprint density at radius 1 is 0.512 bits per heavy atom. The van der Waals surface area contributed by atoms with Crippen LogP contribution in [0.2, 0.25) is 0 Å². The Morgan fingerprint density at radius 3 is 1.68 bits per heavy atom. The summed E-state index contributed by atoms with van der Waals surface area (Å²) in [5, 5.41) is 14.2. The molecule has 0 saturated carbocycles. The number of rotatable bonds is 5. The third-order valence-corrected chi connectivity index (χ3v) is 10.7. The van der Waals surface area contributed by atoms with Crippen LogP contribution in [-0.4, -0.2) is 4.57 Å². The van der Waals surface area contributed by atoms with Crippen molar-refractivity contribution >= 4 is 44.9 Å². The number of nitrogens with zero attached hydrogens (tertiary/aromatic N) is 2.